The summed E-state index contributed by atoms with van der Waals surface area (Å²) in [7, 11) is 0. The van der Waals surface area contributed by atoms with Gasteiger partial charge in [0.05, 0.1) is 5.38 Å². The molecule has 0 amide bonds. The van der Waals surface area contributed by atoms with Gasteiger partial charge in [0.25, 0.3) is 0 Å². The zero-order valence-electron chi connectivity index (χ0n) is 7.11. The maximum Gasteiger partial charge on any atom is 0.231 e. The van der Waals surface area contributed by atoms with Crippen LogP contribution in [0.25, 0.3) is 0 Å². The zero-order chi connectivity index (χ0) is 9.97. The van der Waals surface area contributed by atoms with Gasteiger partial charge in [0.1, 0.15) is 5.75 Å². The fourth-order valence-corrected chi connectivity index (χ4v) is 1.67. The van der Waals surface area contributed by atoms with Gasteiger partial charge in [0.15, 0.2) is 5.13 Å². The van der Waals surface area contributed by atoms with E-state index in [4.69, 9.17) is 10.5 Å². The number of anilines is 1. The fourth-order valence-electron chi connectivity index (χ4n) is 0.942. The lowest BCUT2D eigenvalue weighted by Gasteiger charge is -2.00. The molecule has 1 aromatic carbocycles. The third kappa shape index (κ3) is 2.24. The Labute approximate surface area is 93.7 Å². The van der Waals surface area contributed by atoms with Crippen molar-refractivity contribution in [2.24, 2.45) is 0 Å². The average molecular weight is 271 g/mol. The van der Waals surface area contributed by atoms with E-state index in [-0.39, 0.29) is 0 Å². The minimum absolute atomic E-state index is 0.511. The van der Waals surface area contributed by atoms with E-state index in [0.717, 1.165) is 10.2 Å². The summed E-state index contributed by atoms with van der Waals surface area (Å²) in [4.78, 5) is 3.99. The first-order chi connectivity index (χ1) is 6.74. The maximum absolute atomic E-state index is 5.48. The Bertz CT molecular complexity index is 427. The van der Waals surface area contributed by atoms with Gasteiger partial charge >= 0.3 is 0 Å². The molecule has 0 fully saturated rings. The van der Waals surface area contributed by atoms with Crippen molar-refractivity contribution in [2.75, 3.05) is 5.73 Å². The number of rotatable bonds is 2. The second-order valence-corrected chi connectivity index (χ2v) is 4.39. The summed E-state index contributed by atoms with van der Waals surface area (Å²) >= 11 is 4.71. The van der Waals surface area contributed by atoms with Gasteiger partial charge in [0, 0.05) is 4.47 Å². The number of halogens is 1. The first kappa shape index (κ1) is 9.48. The Morgan fingerprint density at radius 3 is 2.57 bits per heavy atom. The normalized spacial score (nSPS) is 10.1. The van der Waals surface area contributed by atoms with Crippen molar-refractivity contribution in [1.82, 2.24) is 4.98 Å². The average Bonchev–Trinajstić information content (AvgIpc) is 2.56. The van der Waals surface area contributed by atoms with Crippen LogP contribution in [0.3, 0.4) is 0 Å². The second-order valence-electron chi connectivity index (χ2n) is 2.58. The summed E-state index contributed by atoms with van der Waals surface area (Å²) in [5, 5.41) is 2.29. The topological polar surface area (TPSA) is 48.1 Å². The number of aromatic nitrogens is 1. The molecule has 0 spiro atoms. The van der Waals surface area contributed by atoms with Gasteiger partial charge in [-0.05, 0) is 24.3 Å². The highest BCUT2D eigenvalue weighted by Crippen LogP contribution is 2.25. The molecule has 2 rings (SSSR count). The third-order valence-electron chi connectivity index (χ3n) is 1.54. The molecule has 1 aromatic heterocycles. The smallest absolute Gasteiger partial charge is 0.231 e. The van der Waals surface area contributed by atoms with Crippen LogP contribution in [-0.2, 0) is 0 Å². The molecule has 0 atom stereocenters. The van der Waals surface area contributed by atoms with Crippen LogP contribution in [0.5, 0.6) is 11.6 Å². The zero-order valence-corrected chi connectivity index (χ0v) is 9.51. The summed E-state index contributed by atoms with van der Waals surface area (Å²) in [5.41, 5.74) is 5.48. The molecule has 0 aliphatic rings. The monoisotopic (exact) mass is 270 g/mol. The third-order valence-corrected chi connectivity index (χ3v) is 2.72. The molecule has 0 saturated heterocycles. The first-order valence-electron chi connectivity index (χ1n) is 3.88. The van der Waals surface area contributed by atoms with E-state index in [9.17, 15) is 0 Å². The van der Waals surface area contributed by atoms with Gasteiger partial charge in [-0.3, -0.25) is 0 Å². The van der Waals surface area contributed by atoms with Gasteiger partial charge in [-0.1, -0.05) is 15.9 Å². The molecule has 14 heavy (non-hydrogen) atoms. The van der Waals surface area contributed by atoms with Crippen LogP contribution in [0.15, 0.2) is 34.1 Å². The lowest BCUT2D eigenvalue weighted by atomic mass is 10.3. The molecule has 0 bridgehead atoms. The van der Waals surface area contributed by atoms with E-state index in [1.54, 1.807) is 5.38 Å². The molecule has 0 unspecified atom stereocenters. The van der Waals surface area contributed by atoms with E-state index >= 15 is 0 Å². The quantitative estimate of drug-likeness (QED) is 0.911. The number of ether oxygens (including phenoxy) is 1. The number of benzene rings is 1. The van der Waals surface area contributed by atoms with E-state index in [0.29, 0.717) is 11.0 Å². The molecule has 0 saturated carbocycles. The SMILES string of the molecule is Nc1nc(Oc2ccc(Br)cc2)cs1. The highest BCUT2D eigenvalue weighted by Gasteiger charge is 2.00. The number of hydrogen-bond donors (Lipinski definition) is 1. The molecular formula is C9H7BrN2OS. The predicted octanol–water partition coefficient (Wildman–Crippen LogP) is 3.28. The Balaban J connectivity index is 2.15. The Morgan fingerprint density at radius 2 is 2.00 bits per heavy atom. The summed E-state index contributed by atoms with van der Waals surface area (Å²) in [6.07, 6.45) is 0. The molecule has 2 aromatic rings. The highest BCUT2D eigenvalue weighted by atomic mass is 79.9. The maximum atomic E-state index is 5.48. The summed E-state index contributed by atoms with van der Waals surface area (Å²) in [6, 6.07) is 7.54. The molecule has 0 aliphatic heterocycles. The number of nitrogens with zero attached hydrogens (tertiary/aromatic N) is 1. The predicted molar refractivity (Wildman–Crippen MR) is 60.7 cm³/mol. The molecule has 0 radical (unpaired) electrons. The van der Waals surface area contributed by atoms with Crippen LogP contribution in [0.4, 0.5) is 5.13 Å². The summed E-state index contributed by atoms with van der Waals surface area (Å²) in [6.45, 7) is 0. The Morgan fingerprint density at radius 1 is 1.29 bits per heavy atom. The Kier molecular flexibility index (Phi) is 2.69. The lowest BCUT2D eigenvalue weighted by Crippen LogP contribution is -1.85. The minimum Gasteiger partial charge on any atom is -0.438 e. The van der Waals surface area contributed by atoms with Crippen molar-refractivity contribution in [2.45, 2.75) is 0 Å². The first-order valence-corrected chi connectivity index (χ1v) is 5.56. The van der Waals surface area contributed by atoms with Crippen LogP contribution in [0.1, 0.15) is 0 Å². The van der Waals surface area contributed by atoms with Crippen molar-refractivity contribution in [3.63, 3.8) is 0 Å². The molecule has 1 heterocycles. The standard InChI is InChI=1S/C9H7BrN2OS/c10-6-1-3-7(4-2-6)13-8-5-14-9(11)12-8/h1-5H,(H2,11,12). The van der Waals surface area contributed by atoms with Crippen LogP contribution < -0.4 is 10.5 Å². The van der Waals surface area contributed by atoms with Crippen molar-refractivity contribution < 1.29 is 4.74 Å². The molecule has 2 N–H and O–H groups in total. The van der Waals surface area contributed by atoms with Crippen molar-refractivity contribution in [3.8, 4) is 11.6 Å². The van der Waals surface area contributed by atoms with Crippen LogP contribution in [0, 0.1) is 0 Å². The molecule has 72 valence electrons. The second kappa shape index (κ2) is 3.98. The molecule has 3 nitrogen and oxygen atoms in total. The number of hydrogen-bond acceptors (Lipinski definition) is 4. The van der Waals surface area contributed by atoms with Gasteiger partial charge in [0.2, 0.25) is 5.88 Å². The summed E-state index contributed by atoms with van der Waals surface area (Å²) in [5.74, 6) is 1.29. The Hall–Kier alpha value is -1.07. The van der Waals surface area contributed by atoms with E-state index < -0.39 is 0 Å². The van der Waals surface area contributed by atoms with Crippen molar-refractivity contribution in [3.05, 3.63) is 34.1 Å². The molecule has 0 aliphatic carbocycles. The van der Waals surface area contributed by atoms with Crippen LogP contribution in [-0.4, -0.2) is 4.98 Å². The fraction of sp³-hybridized carbons (Fsp3) is 0. The number of nitrogens with two attached hydrogens (primary N) is 1. The molecule has 5 heteroatoms. The van der Waals surface area contributed by atoms with E-state index in [2.05, 4.69) is 20.9 Å². The largest absolute Gasteiger partial charge is 0.438 e. The van der Waals surface area contributed by atoms with Gasteiger partial charge in [-0.2, -0.15) is 4.98 Å². The van der Waals surface area contributed by atoms with Crippen LogP contribution >= 0.6 is 27.3 Å². The van der Waals surface area contributed by atoms with Gasteiger partial charge in [-0.15, -0.1) is 11.3 Å². The lowest BCUT2D eigenvalue weighted by molar-refractivity contribution is 0.467. The summed E-state index contributed by atoms with van der Waals surface area (Å²) < 4.78 is 6.47. The van der Waals surface area contributed by atoms with Crippen LogP contribution in [0.2, 0.25) is 0 Å². The van der Waals surface area contributed by atoms with Crippen molar-refractivity contribution in [1.29, 1.82) is 0 Å². The molecular weight excluding hydrogens is 264 g/mol. The van der Waals surface area contributed by atoms with E-state index in [1.165, 1.54) is 11.3 Å². The van der Waals surface area contributed by atoms with E-state index in [1.807, 2.05) is 24.3 Å². The highest BCUT2D eigenvalue weighted by molar-refractivity contribution is 9.10. The van der Waals surface area contributed by atoms with Crippen molar-refractivity contribution >= 4 is 32.4 Å². The van der Waals surface area contributed by atoms with Gasteiger partial charge in [-0.25, -0.2) is 0 Å². The van der Waals surface area contributed by atoms with Gasteiger partial charge < -0.3 is 10.5 Å². The minimum atomic E-state index is 0.511. The number of thiazole rings is 1. The number of nitrogen functional groups attached to an aromatic ring is 1.